The van der Waals surface area contributed by atoms with E-state index in [9.17, 15) is 4.79 Å². The smallest absolute Gasteiger partial charge is 0.233 e. The monoisotopic (exact) mass is 288 g/mol. The first-order chi connectivity index (χ1) is 8.17. The Morgan fingerprint density at radius 2 is 2.35 bits per heavy atom. The number of carbonyl (C=O) groups excluding carboxylic acids is 1. The van der Waals surface area contributed by atoms with Crippen LogP contribution in [0.5, 0.6) is 0 Å². The summed E-state index contributed by atoms with van der Waals surface area (Å²) in [6.07, 6.45) is 0.236. The molecule has 1 N–H and O–H groups in total. The Morgan fingerprint density at radius 3 is 2.94 bits per heavy atom. The highest BCUT2D eigenvalue weighted by molar-refractivity contribution is 7.15. The second-order valence-corrected chi connectivity index (χ2v) is 5.61. The van der Waals surface area contributed by atoms with Crippen LogP contribution in [0.3, 0.4) is 0 Å². The van der Waals surface area contributed by atoms with E-state index >= 15 is 0 Å². The van der Waals surface area contributed by atoms with Crippen LogP contribution < -0.4 is 5.32 Å². The van der Waals surface area contributed by atoms with E-state index < -0.39 is 0 Å². The van der Waals surface area contributed by atoms with Crippen LogP contribution in [0.4, 0.5) is 5.13 Å². The molecule has 0 aliphatic rings. The summed E-state index contributed by atoms with van der Waals surface area (Å²) in [6, 6.07) is 0. The lowest BCUT2D eigenvalue weighted by atomic mass is 10.4. The third-order valence-corrected chi connectivity index (χ3v) is 3.75. The minimum atomic E-state index is -0.142. The molecule has 17 heavy (non-hydrogen) atoms. The summed E-state index contributed by atoms with van der Waals surface area (Å²) in [4.78, 5) is 15.9. The Bertz CT molecular complexity index is 525. The minimum absolute atomic E-state index is 0.142. The molecule has 2 rings (SSSR count). The maximum atomic E-state index is 11.7. The fraction of sp³-hybridized carbons (Fsp3) is 0.333. The molecule has 90 valence electrons. The summed E-state index contributed by atoms with van der Waals surface area (Å²) in [7, 11) is 0. The van der Waals surface area contributed by atoms with Gasteiger partial charge in [-0.2, -0.15) is 0 Å². The van der Waals surface area contributed by atoms with Crippen molar-refractivity contribution in [3.05, 3.63) is 21.1 Å². The van der Waals surface area contributed by atoms with Crippen molar-refractivity contribution in [3.8, 4) is 0 Å². The normalized spacial score (nSPS) is 10.5. The molecule has 8 heteroatoms. The number of rotatable bonds is 4. The first-order valence-corrected chi connectivity index (χ1v) is 6.99. The van der Waals surface area contributed by atoms with Crippen LogP contribution in [0.15, 0.2) is 5.38 Å². The van der Waals surface area contributed by atoms with E-state index in [0.29, 0.717) is 11.0 Å². The van der Waals surface area contributed by atoms with Crippen molar-refractivity contribution in [2.75, 3.05) is 5.32 Å². The van der Waals surface area contributed by atoms with Crippen molar-refractivity contribution >= 4 is 45.3 Å². The molecule has 0 bridgehead atoms. The highest BCUT2D eigenvalue weighted by Crippen LogP contribution is 2.15. The predicted molar refractivity (Wildman–Crippen MR) is 68.7 cm³/mol. The highest BCUT2D eigenvalue weighted by Gasteiger charge is 2.10. The van der Waals surface area contributed by atoms with Crippen LogP contribution in [-0.2, 0) is 17.1 Å². The number of carbonyl (C=O) groups is 1. The summed E-state index contributed by atoms with van der Waals surface area (Å²) in [6.45, 7) is 1.83. The van der Waals surface area contributed by atoms with Crippen molar-refractivity contribution in [2.24, 2.45) is 0 Å². The van der Waals surface area contributed by atoms with E-state index in [1.165, 1.54) is 22.7 Å². The SMILES string of the molecule is Cc1nnc(NC(=O)Cc2nc(CCl)cs2)s1. The molecule has 2 aromatic heterocycles. The largest absolute Gasteiger partial charge is 0.300 e. The lowest BCUT2D eigenvalue weighted by Gasteiger charge is -1.97. The molecule has 0 aliphatic heterocycles. The molecule has 2 heterocycles. The molecule has 0 unspecified atom stereocenters. The second kappa shape index (κ2) is 5.52. The standard InChI is InChI=1S/C9H9ClN4OS2/c1-5-13-14-9(17-5)12-7(15)2-8-11-6(3-10)4-16-8/h4H,2-3H2,1H3,(H,12,14,15). The van der Waals surface area contributed by atoms with Crippen molar-refractivity contribution in [2.45, 2.75) is 19.2 Å². The molecule has 0 saturated heterocycles. The average Bonchev–Trinajstić information content (AvgIpc) is 2.88. The summed E-state index contributed by atoms with van der Waals surface area (Å²) in [5.74, 6) is 0.227. The van der Waals surface area contributed by atoms with Crippen LogP contribution in [0.1, 0.15) is 15.7 Å². The van der Waals surface area contributed by atoms with Crippen molar-refractivity contribution in [1.29, 1.82) is 0 Å². The van der Waals surface area contributed by atoms with Crippen molar-refractivity contribution in [3.63, 3.8) is 0 Å². The molecule has 0 spiro atoms. The van der Waals surface area contributed by atoms with Gasteiger partial charge in [-0.25, -0.2) is 4.98 Å². The lowest BCUT2D eigenvalue weighted by molar-refractivity contribution is -0.115. The van der Waals surface area contributed by atoms with Gasteiger partial charge in [0.25, 0.3) is 0 Å². The third-order valence-electron chi connectivity index (χ3n) is 1.82. The van der Waals surface area contributed by atoms with Gasteiger partial charge in [0, 0.05) is 5.38 Å². The van der Waals surface area contributed by atoms with Gasteiger partial charge in [-0.3, -0.25) is 4.79 Å². The zero-order chi connectivity index (χ0) is 12.3. The number of nitrogens with one attached hydrogen (secondary N) is 1. The third kappa shape index (κ3) is 3.45. The zero-order valence-corrected chi connectivity index (χ0v) is 11.3. The molecule has 0 saturated carbocycles. The van der Waals surface area contributed by atoms with E-state index in [0.717, 1.165) is 15.7 Å². The maximum absolute atomic E-state index is 11.7. The van der Waals surface area contributed by atoms with Gasteiger partial charge in [-0.15, -0.1) is 33.1 Å². The van der Waals surface area contributed by atoms with Crippen molar-refractivity contribution in [1.82, 2.24) is 15.2 Å². The van der Waals surface area contributed by atoms with Crippen molar-refractivity contribution < 1.29 is 4.79 Å². The summed E-state index contributed by atoms with van der Waals surface area (Å²) in [5.41, 5.74) is 0.797. The van der Waals surface area contributed by atoms with Gasteiger partial charge in [0.15, 0.2) is 0 Å². The number of anilines is 1. The molecule has 0 atom stereocenters. The second-order valence-electron chi connectivity index (χ2n) is 3.22. The zero-order valence-electron chi connectivity index (χ0n) is 8.94. The summed E-state index contributed by atoms with van der Waals surface area (Å²) in [5, 5.41) is 14.2. The molecule has 5 nitrogen and oxygen atoms in total. The lowest BCUT2D eigenvalue weighted by Crippen LogP contribution is -2.14. The summed E-state index contributed by atoms with van der Waals surface area (Å²) >= 11 is 8.41. The Labute approximate surface area is 111 Å². The topological polar surface area (TPSA) is 67.8 Å². The van der Waals surface area contributed by atoms with Crippen LogP contribution in [0.25, 0.3) is 0 Å². The van der Waals surface area contributed by atoms with Gasteiger partial charge in [-0.05, 0) is 6.92 Å². The van der Waals surface area contributed by atoms with Crippen LogP contribution in [0, 0.1) is 6.92 Å². The van der Waals surface area contributed by atoms with Gasteiger partial charge in [0.1, 0.15) is 10.0 Å². The number of thiazole rings is 1. The fourth-order valence-corrected chi connectivity index (χ4v) is 2.77. The summed E-state index contributed by atoms with van der Waals surface area (Å²) < 4.78 is 0. The molecule has 0 aromatic carbocycles. The average molecular weight is 289 g/mol. The predicted octanol–water partition coefficient (Wildman–Crippen LogP) is 2.22. The molecule has 0 fully saturated rings. The molecule has 0 radical (unpaired) electrons. The first-order valence-electron chi connectivity index (χ1n) is 4.76. The first kappa shape index (κ1) is 12.4. The quantitative estimate of drug-likeness (QED) is 0.876. The van der Waals surface area contributed by atoms with E-state index in [4.69, 9.17) is 11.6 Å². The van der Waals surface area contributed by atoms with Gasteiger partial charge in [0.05, 0.1) is 18.0 Å². The van der Waals surface area contributed by atoms with Gasteiger partial charge in [-0.1, -0.05) is 11.3 Å². The Morgan fingerprint density at radius 1 is 1.53 bits per heavy atom. The number of alkyl halides is 1. The van der Waals surface area contributed by atoms with E-state index in [1.54, 1.807) is 0 Å². The van der Waals surface area contributed by atoms with Gasteiger partial charge >= 0.3 is 0 Å². The van der Waals surface area contributed by atoms with E-state index in [-0.39, 0.29) is 12.3 Å². The van der Waals surface area contributed by atoms with Crippen LogP contribution in [-0.4, -0.2) is 21.1 Å². The minimum Gasteiger partial charge on any atom is -0.300 e. The number of halogens is 1. The fourth-order valence-electron chi connectivity index (χ4n) is 1.14. The molecule has 2 aromatic rings. The van der Waals surface area contributed by atoms with Gasteiger partial charge < -0.3 is 5.32 Å². The Kier molecular flexibility index (Phi) is 4.03. The molecular weight excluding hydrogens is 280 g/mol. The molecule has 1 amide bonds. The number of hydrogen-bond donors (Lipinski definition) is 1. The molecule has 0 aliphatic carbocycles. The Hall–Kier alpha value is -1.05. The molecular formula is C9H9ClN4OS2. The number of hydrogen-bond acceptors (Lipinski definition) is 6. The van der Waals surface area contributed by atoms with Crippen LogP contribution in [0.2, 0.25) is 0 Å². The Balaban J connectivity index is 1.93. The number of amides is 1. The van der Waals surface area contributed by atoms with Crippen LogP contribution >= 0.6 is 34.3 Å². The number of aryl methyl sites for hydroxylation is 1. The number of aromatic nitrogens is 3. The number of nitrogens with zero attached hydrogens (tertiary/aromatic N) is 3. The maximum Gasteiger partial charge on any atom is 0.233 e. The van der Waals surface area contributed by atoms with Gasteiger partial charge in [0.2, 0.25) is 11.0 Å². The highest BCUT2D eigenvalue weighted by atomic mass is 35.5. The van der Waals surface area contributed by atoms with E-state index in [1.807, 2.05) is 12.3 Å². The van der Waals surface area contributed by atoms with E-state index in [2.05, 4.69) is 20.5 Å².